The number of rotatable bonds is 5. The van der Waals surface area contributed by atoms with Crippen molar-refractivity contribution in [2.75, 3.05) is 19.3 Å². The van der Waals surface area contributed by atoms with Gasteiger partial charge in [-0.2, -0.15) is 0 Å². The number of thioether (sulfide) groups is 1. The number of amides is 2. The fourth-order valence-electron chi connectivity index (χ4n) is 3.24. The first-order valence-corrected chi connectivity index (χ1v) is 10.6. The SMILES string of the molecule is CSc1ccc(Cl)c(C(=O)N2CCC(C(=O)NCc3ccccc3)CC2)c1. The van der Waals surface area contributed by atoms with Crippen molar-refractivity contribution < 1.29 is 9.59 Å². The first kappa shape index (κ1) is 19.8. The van der Waals surface area contributed by atoms with Crippen molar-refractivity contribution in [1.82, 2.24) is 10.2 Å². The van der Waals surface area contributed by atoms with E-state index < -0.39 is 0 Å². The number of likely N-dealkylation sites (tertiary alicyclic amines) is 1. The molecule has 2 aromatic rings. The molecule has 0 aromatic heterocycles. The predicted octanol–water partition coefficient (Wildman–Crippen LogP) is 4.23. The summed E-state index contributed by atoms with van der Waals surface area (Å²) in [6.07, 6.45) is 3.31. The minimum absolute atomic E-state index is 0.0502. The molecule has 27 heavy (non-hydrogen) atoms. The maximum atomic E-state index is 12.8. The predicted molar refractivity (Wildman–Crippen MR) is 110 cm³/mol. The number of nitrogens with one attached hydrogen (secondary N) is 1. The Balaban J connectivity index is 1.54. The number of carbonyl (C=O) groups is 2. The molecule has 2 aromatic carbocycles. The molecular formula is C21H23ClN2O2S. The van der Waals surface area contributed by atoms with Crippen LogP contribution in [0.3, 0.4) is 0 Å². The van der Waals surface area contributed by atoms with E-state index in [9.17, 15) is 9.59 Å². The summed E-state index contributed by atoms with van der Waals surface area (Å²) < 4.78 is 0. The summed E-state index contributed by atoms with van der Waals surface area (Å²) in [5.41, 5.74) is 1.62. The highest BCUT2D eigenvalue weighted by Crippen LogP contribution is 2.26. The minimum Gasteiger partial charge on any atom is -0.352 e. The van der Waals surface area contributed by atoms with Crippen molar-refractivity contribution in [2.24, 2.45) is 5.92 Å². The van der Waals surface area contributed by atoms with Gasteiger partial charge < -0.3 is 10.2 Å². The van der Waals surface area contributed by atoms with Crippen LogP contribution in [0.4, 0.5) is 0 Å². The summed E-state index contributed by atoms with van der Waals surface area (Å²) in [7, 11) is 0. The molecule has 0 aliphatic carbocycles. The van der Waals surface area contributed by atoms with E-state index in [-0.39, 0.29) is 17.7 Å². The van der Waals surface area contributed by atoms with Crippen LogP contribution in [0.25, 0.3) is 0 Å². The van der Waals surface area contributed by atoms with Crippen molar-refractivity contribution >= 4 is 35.2 Å². The zero-order valence-electron chi connectivity index (χ0n) is 15.3. The first-order chi connectivity index (χ1) is 13.1. The summed E-state index contributed by atoms with van der Waals surface area (Å²) in [6, 6.07) is 15.4. The Morgan fingerprint density at radius 1 is 1.15 bits per heavy atom. The summed E-state index contributed by atoms with van der Waals surface area (Å²) in [5.74, 6) is -0.0434. The molecular weight excluding hydrogens is 380 g/mol. The van der Waals surface area contributed by atoms with Crippen LogP contribution < -0.4 is 5.32 Å². The molecule has 2 amide bonds. The maximum absolute atomic E-state index is 12.8. The Morgan fingerprint density at radius 2 is 1.85 bits per heavy atom. The molecule has 1 heterocycles. The molecule has 0 saturated carbocycles. The number of hydrogen-bond acceptors (Lipinski definition) is 3. The molecule has 1 N–H and O–H groups in total. The lowest BCUT2D eigenvalue weighted by atomic mass is 9.95. The highest BCUT2D eigenvalue weighted by Gasteiger charge is 2.28. The number of nitrogens with zero attached hydrogens (tertiary/aromatic N) is 1. The van der Waals surface area contributed by atoms with E-state index in [4.69, 9.17) is 11.6 Å². The van der Waals surface area contributed by atoms with E-state index >= 15 is 0 Å². The molecule has 1 saturated heterocycles. The molecule has 4 nitrogen and oxygen atoms in total. The van der Waals surface area contributed by atoms with Crippen molar-refractivity contribution in [2.45, 2.75) is 24.3 Å². The number of hydrogen-bond donors (Lipinski definition) is 1. The second kappa shape index (κ2) is 9.29. The van der Waals surface area contributed by atoms with Gasteiger partial charge in [0, 0.05) is 30.4 Å². The highest BCUT2D eigenvalue weighted by atomic mass is 35.5. The Morgan fingerprint density at radius 3 is 2.52 bits per heavy atom. The summed E-state index contributed by atoms with van der Waals surface area (Å²) in [4.78, 5) is 28.0. The van der Waals surface area contributed by atoms with E-state index in [1.165, 1.54) is 0 Å². The Labute approximate surface area is 169 Å². The average molecular weight is 403 g/mol. The van der Waals surface area contributed by atoms with Gasteiger partial charge in [0.1, 0.15) is 0 Å². The van der Waals surface area contributed by atoms with Crippen LogP contribution in [0.15, 0.2) is 53.4 Å². The molecule has 3 rings (SSSR count). The van der Waals surface area contributed by atoms with Gasteiger partial charge in [-0.15, -0.1) is 11.8 Å². The topological polar surface area (TPSA) is 49.4 Å². The minimum atomic E-state index is -0.0564. The lowest BCUT2D eigenvalue weighted by Crippen LogP contribution is -2.43. The van der Waals surface area contributed by atoms with Gasteiger partial charge in [0.15, 0.2) is 0 Å². The molecule has 142 valence electrons. The van der Waals surface area contributed by atoms with Crippen molar-refractivity contribution in [3.05, 3.63) is 64.7 Å². The third-order valence-electron chi connectivity index (χ3n) is 4.87. The number of carbonyl (C=O) groups excluding carboxylic acids is 2. The third kappa shape index (κ3) is 5.05. The molecule has 1 aliphatic rings. The number of piperidine rings is 1. The maximum Gasteiger partial charge on any atom is 0.255 e. The lowest BCUT2D eigenvalue weighted by Gasteiger charge is -2.31. The average Bonchev–Trinajstić information content (AvgIpc) is 2.73. The smallest absolute Gasteiger partial charge is 0.255 e. The van der Waals surface area contributed by atoms with Gasteiger partial charge >= 0.3 is 0 Å². The molecule has 1 fully saturated rings. The first-order valence-electron chi connectivity index (χ1n) is 9.03. The largest absolute Gasteiger partial charge is 0.352 e. The van der Waals surface area contributed by atoms with Crippen LogP contribution in [-0.2, 0) is 11.3 Å². The molecule has 0 radical (unpaired) electrons. The van der Waals surface area contributed by atoms with Crippen LogP contribution in [-0.4, -0.2) is 36.1 Å². The Hall–Kier alpha value is -1.98. The number of benzene rings is 2. The van der Waals surface area contributed by atoms with Gasteiger partial charge in [-0.3, -0.25) is 9.59 Å². The summed E-state index contributed by atoms with van der Waals surface area (Å²) in [6.45, 7) is 1.68. The van der Waals surface area contributed by atoms with Crippen molar-refractivity contribution in [3.8, 4) is 0 Å². The van der Waals surface area contributed by atoms with Gasteiger partial charge in [0.25, 0.3) is 5.91 Å². The zero-order valence-corrected chi connectivity index (χ0v) is 16.9. The third-order valence-corrected chi connectivity index (χ3v) is 5.92. The van der Waals surface area contributed by atoms with Crippen LogP contribution in [0, 0.1) is 5.92 Å². The summed E-state index contributed by atoms with van der Waals surface area (Å²) >= 11 is 7.81. The monoisotopic (exact) mass is 402 g/mol. The van der Waals surface area contributed by atoms with E-state index in [0.717, 1.165) is 10.5 Å². The van der Waals surface area contributed by atoms with Gasteiger partial charge in [0.2, 0.25) is 5.91 Å². The van der Waals surface area contributed by atoms with E-state index in [2.05, 4.69) is 5.32 Å². The van der Waals surface area contributed by atoms with Crippen LogP contribution in [0.5, 0.6) is 0 Å². The van der Waals surface area contributed by atoms with E-state index in [0.29, 0.717) is 43.1 Å². The normalized spacial score (nSPS) is 14.8. The van der Waals surface area contributed by atoms with Gasteiger partial charge in [-0.05, 0) is 42.9 Å². The standard InChI is InChI=1S/C21H23ClN2O2S/c1-27-17-7-8-19(22)18(13-17)21(26)24-11-9-16(10-12-24)20(25)23-14-15-5-3-2-4-6-15/h2-8,13,16H,9-12,14H2,1H3,(H,23,25). The second-order valence-electron chi connectivity index (χ2n) is 6.62. The van der Waals surface area contributed by atoms with Crippen molar-refractivity contribution in [1.29, 1.82) is 0 Å². The Kier molecular flexibility index (Phi) is 6.80. The highest BCUT2D eigenvalue weighted by molar-refractivity contribution is 7.98. The fourth-order valence-corrected chi connectivity index (χ4v) is 3.88. The van der Waals surface area contributed by atoms with Gasteiger partial charge in [-0.1, -0.05) is 41.9 Å². The molecule has 0 bridgehead atoms. The molecule has 1 aliphatic heterocycles. The number of halogens is 1. The van der Waals surface area contributed by atoms with Crippen LogP contribution >= 0.6 is 23.4 Å². The second-order valence-corrected chi connectivity index (χ2v) is 7.90. The Bertz CT molecular complexity index is 805. The van der Waals surface area contributed by atoms with Gasteiger partial charge in [-0.25, -0.2) is 0 Å². The molecule has 6 heteroatoms. The molecule has 0 atom stereocenters. The zero-order chi connectivity index (χ0) is 19.2. The van der Waals surface area contributed by atoms with Crippen molar-refractivity contribution in [3.63, 3.8) is 0 Å². The molecule has 0 spiro atoms. The fraction of sp³-hybridized carbons (Fsp3) is 0.333. The van der Waals surface area contributed by atoms with Gasteiger partial charge in [0.05, 0.1) is 10.6 Å². The lowest BCUT2D eigenvalue weighted by molar-refractivity contribution is -0.126. The quantitative estimate of drug-likeness (QED) is 0.761. The van der Waals surface area contributed by atoms with Crippen LogP contribution in [0.1, 0.15) is 28.8 Å². The van der Waals surface area contributed by atoms with E-state index in [1.807, 2.05) is 48.7 Å². The summed E-state index contributed by atoms with van der Waals surface area (Å²) in [5, 5.41) is 3.48. The van der Waals surface area contributed by atoms with E-state index in [1.54, 1.807) is 22.7 Å². The molecule has 0 unspecified atom stereocenters. The van der Waals surface area contributed by atoms with Crippen LogP contribution in [0.2, 0.25) is 5.02 Å².